The number of ether oxygens (including phenoxy) is 1. The van der Waals surface area contributed by atoms with Gasteiger partial charge in [-0.15, -0.1) is 10.2 Å². The van der Waals surface area contributed by atoms with Crippen molar-refractivity contribution in [3.63, 3.8) is 0 Å². The fourth-order valence-corrected chi connectivity index (χ4v) is 4.97. The summed E-state index contributed by atoms with van der Waals surface area (Å²) in [6.07, 6.45) is 0.894. The lowest BCUT2D eigenvalue weighted by Gasteiger charge is -2.28. The van der Waals surface area contributed by atoms with Crippen LogP contribution in [0, 0.1) is 0 Å². The van der Waals surface area contributed by atoms with Gasteiger partial charge in [0.15, 0.2) is 5.16 Å². The zero-order valence-corrected chi connectivity index (χ0v) is 19.4. The zero-order valence-electron chi connectivity index (χ0n) is 18.6. The molecule has 0 N–H and O–H groups in total. The minimum Gasteiger partial charge on any atom is -0.423 e. The molecule has 7 nitrogen and oxygen atoms in total. The first kappa shape index (κ1) is 21.7. The summed E-state index contributed by atoms with van der Waals surface area (Å²) in [5.74, 6) is 1.46. The van der Waals surface area contributed by atoms with Gasteiger partial charge in [0.05, 0.1) is 19.8 Å². The van der Waals surface area contributed by atoms with Gasteiger partial charge < -0.3 is 14.1 Å². The van der Waals surface area contributed by atoms with E-state index in [0.717, 1.165) is 47.1 Å². The highest BCUT2D eigenvalue weighted by molar-refractivity contribution is 7.98. The Morgan fingerprint density at radius 3 is 2.61 bits per heavy atom. The second kappa shape index (κ2) is 9.80. The number of nitrogens with zero attached hydrogens (tertiary/aromatic N) is 4. The van der Waals surface area contributed by atoms with Crippen LogP contribution in [0.3, 0.4) is 0 Å². The summed E-state index contributed by atoms with van der Waals surface area (Å²) < 4.78 is 13.1. The molecule has 3 heterocycles. The van der Waals surface area contributed by atoms with E-state index < -0.39 is 0 Å². The number of thioether (sulfide) groups is 1. The summed E-state index contributed by atoms with van der Waals surface area (Å²) in [4.78, 5) is 14.4. The van der Waals surface area contributed by atoms with E-state index in [0.29, 0.717) is 31.1 Å². The minimum absolute atomic E-state index is 0.328. The maximum Gasteiger partial charge on any atom is 0.336 e. The molecule has 2 aromatic heterocycles. The number of anilines is 1. The zero-order chi connectivity index (χ0) is 22.6. The monoisotopic (exact) mass is 462 g/mol. The summed E-state index contributed by atoms with van der Waals surface area (Å²) in [7, 11) is 0. The van der Waals surface area contributed by atoms with Gasteiger partial charge in [-0.2, -0.15) is 0 Å². The van der Waals surface area contributed by atoms with Crippen LogP contribution < -0.4 is 10.5 Å². The van der Waals surface area contributed by atoms with Crippen LogP contribution in [-0.2, 0) is 23.5 Å². The highest BCUT2D eigenvalue weighted by Gasteiger charge is 2.21. The molecule has 0 atom stereocenters. The first-order chi connectivity index (χ1) is 16.2. The molecule has 0 unspecified atom stereocenters. The van der Waals surface area contributed by atoms with Gasteiger partial charge in [0.25, 0.3) is 0 Å². The lowest BCUT2D eigenvalue weighted by atomic mass is 10.1. The molecule has 0 aliphatic carbocycles. The van der Waals surface area contributed by atoms with Crippen molar-refractivity contribution in [1.82, 2.24) is 14.8 Å². The van der Waals surface area contributed by atoms with Gasteiger partial charge in [-0.25, -0.2) is 4.79 Å². The van der Waals surface area contributed by atoms with Crippen LogP contribution >= 0.6 is 11.8 Å². The summed E-state index contributed by atoms with van der Waals surface area (Å²) >= 11 is 1.59. The molecule has 0 spiro atoms. The van der Waals surface area contributed by atoms with Gasteiger partial charge in [0, 0.05) is 30.3 Å². The van der Waals surface area contributed by atoms with E-state index in [1.54, 1.807) is 17.8 Å². The van der Waals surface area contributed by atoms with Gasteiger partial charge in [0.2, 0.25) is 5.95 Å². The molecule has 1 saturated heterocycles. The Morgan fingerprint density at radius 2 is 1.82 bits per heavy atom. The van der Waals surface area contributed by atoms with Crippen molar-refractivity contribution in [3.8, 4) is 0 Å². The van der Waals surface area contributed by atoms with Crippen molar-refractivity contribution >= 4 is 28.7 Å². The van der Waals surface area contributed by atoms with Crippen LogP contribution in [0.15, 0.2) is 69.0 Å². The molecular formula is C25H26N4O3S. The summed E-state index contributed by atoms with van der Waals surface area (Å²) in [5, 5.41) is 10.8. The molecule has 2 aromatic carbocycles. The third kappa shape index (κ3) is 4.82. The largest absolute Gasteiger partial charge is 0.423 e. The average Bonchev–Trinajstić information content (AvgIpc) is 3.25. The van der Waals surface area contributed by atoms with Gasteiger partial charge in [0.1, 0.15) is 5.58 Å². The Labute approximate surface area is 196 Å². The Kier molecular flexibility index (Phi) is 6.46. The standard InChI is InChI=1S/C25H26N4O3S/c1-2-18-8-9-21-20(15-23(30)32-22(21)14-18)17-33-25-27-26-24(28-10-12-31-13-11-28)29(25)16-19-6-4-3-5-7-19/h3-9,14-15H,2,10-13,16-17H2,1H3. The lowest BCUT2D eigenvalue weighted by Crippen LogP contribution is -2.38. The molecule has 0 radical (unpaired) electrons. The molecule has 1 aliphatic heterocycles. The van der Waals surface area contributed by atoms with Crippen LogP contribution in [0.1, 0.15) is 23.6 Å². The van der Waals surface area contributed by atoms with Crippen molar-refractivity contribution in [3.05, 3.63) is 81.7 Å². The number of morpholine rings is 1. The predicted molar refractivity (Wildman–Crippen MR) is 130 cm³/mol. The van der Waals surface area contributed by atoms with E-state index in [1.807, 2.05) is 30.3 Å². The van der Waals surface area contributed by atoms with E-state index >= 15 is 0 Å². The second-order valence-corrected chi connectivity index (χ2v) is 8.96. The fourth-order valence-electron chi connectivity index (χ4n) is 4.05. The molecule has 0 saturated carbocycles. The number of fused-ring (bicyclic) bond motifs is 1. The quantitative estimate of drug-likeness (QED) is 0.302. The normalized spacial score (nSPS) is 14.2. The maximum atomic E-state index is 12.2. The number of aromatic nitrogens is 3. The molecule has 5 rings (SSSR count). The van der Waals surface area contributed by atoms with Crippen LogP contribution in [0.5, 0.6) is 0 Å². The van der Waals surface area contributed by atoms with E-state index in [9.17, 15) is 4.79 Å². The van der Waals surface area contributed by atoms with Crippen molar-refractivity contribution in [2.75, 3.05) is 31.2 Å². The minimum atomic E-state index is -0.328. The van der Waals surface area contributed by atoms with E-state index in [1.165, 1.54) is 5.56 Å². The van der Waals surface area contributed by atoms with Crippen molar-refractivity contribution in [1.29, 1.82) is 0 Å². The maximum absolute atomic E-state index is 12.2. The van der Waals surface area contributed by atoms with Crippen molar-refractivity contribution < 1.29 is 9.15 Å². The molecule has 0 bridgehead atoms. The SMILES string of the molecule is CCc1ccc2c(CSc3nnc(N4CCOCC4)n3Cc3ccccc3)cc(=O)oc2c1. The highest BCUT2D eigenvalue weighted by atomic mass is 32.2. The topological polar surface area (TPSA) is 73.4 Å². The summed E-state index contributed by atoms with van der Waals surface area (Å²) in [5.41, 5.74) is 3.58. The van der Waals surface area contributed by atoms with Crippen LogP contribution in [0.2, 0.25) is 0 Å². The number of aryl methyl sites for hydroxylation is 1. The second-order valence-electron chi connectivity index (χ2n) is 8.02. The molecule has 1 aliphatic rings. The van der Waals surface area contributed by atoms with E-state index in [2.05, 4.69) is 44.8 Å². The molecule has 1 fully saturated rings. The first-order valence-electron chi connectivity index (χ1n) is 11.2. The summed E-state index contributed by atoms with van der Waals surface area (Å²) in [6, 6.07) is 18.0. The Hall–Kier alpha value is -3.10. The average molecular weight is 463 g/mol. The summed E-state index contributed by atoms with van der Waals surface area (Å²) in [6.45, 7) is 5.73. The fraction of sp³-hybridized carbons (Fsp3) is 0.320. The molecular weight excluding hydrogens is 436 g/mol. The predicted octanol–water partition coefficient (Wildman–Crippen LogP) is 4.12. The van der Waals surface area contributed by atoms with Gasteiger partial charge >= 0.3 is 5.63 Å². The molecule has 8 heteroatoms. The van der Waals surface area contributed by atoms with E-state index in [-0.39, 0.29) is 5.63 Å². The van der Waals surface area contributed by atoms with Gasteiger partial charge in [-0.1, -0.05) is 61.2 Å². The van der Waals surface area contributed by atoms with Crippen LogP contribution in [0.25, 0.3) is 11.0 Å². The smallest absolute Gasteiger partial charge is 0.336 e. The van der Waals surface area contributed by atoms with Crippen LogP contribution in [0.4, 0.5) is 5.95 Å². The van der Waals surface area contributed by atoms with Crippen molar-refractivity contribution in [2.45, 2.75) is 30.8 Å². The van der Waals surface area contributed by atoms with Gasteiger partial charge in [-0.05, 0) is 29.2 Å². The molecule has 33 heavy (non-hydrogen) atoms. The number of benzene rings is 2. The number of rotatable bonds is 7. The highest BCUT2D eigenvalue weighted by Crippen LogP contribution is 2.29. The third-order valence-corrected chi connectivity index (χ3v) is 6.85. The van der Waals surface area contributed by atoms with E-state index in [4.69, 9.17) is 9.15 Å². The first-order valence-corrected chi connectivity index (χ1v) is 12.2. The number of hydrogen-bond donors (Lipinski definition) is 0. The Balaban J connectivity index is 1.46. The lowest BCUT2D eigenvalue weighted by molar-refractivity contribution is 0.121. The molecule has 170 valence electrons. The molecule has 4 aromatic rings. The molecule has 0 amide bonds. The Bertz CT molecular complexity index is 1300. The van der Waals surface area contributed by atoms with Crippen LogP contribution in [-0.4, -0.2) is 41.1 Å². The Morgan fingerprint density at radius 1 is 1.00 bits per heavy atom. The van der Waals surface area contributed by atoms with Gasteiger partial charge in [-0.3, -0.25) is 4.57 Å². The number of hydrogen-bond acceptors (Lipinski definition) is 7. The third-order valence-electron chi connectivity index (χ3n) is 5.83. The van der Waals surface area contributed by atoms with Crippen molar-refractivity contribution in [2.24, 2.45) is 0 Å².